The van der Waals surface area contributed by atoms with E-state index in [0.717, 1.165) is 45.3 Å². The van der Waals surface area contributed by atoms with Crippen molar-refractivity contribution < 1.29 is 0 Å². The summed E-state index contributed by atoms with van der Waals surface area (Å²) in [7, 11) is 0. The van der Waals surface area contributed by atoms with Gasteiger partial charge in [0.25, 0.3) is 0 Å². The minimum absolute atomic E-state index is 0.0993. The Morgan fingerprint density at radius 2 is 0.411 bits per heavy atom. The summed E-state index contributed by atoms with van der Waals surface area (Å²) < 4.78 is 0. The van der Waals surface area contributed by atoms with Crippen LogP contribution in [0.3, 0.4) is 0 Å². The van der Waals surface area contributed by atoms with E-state index >= 15 is 0 Å². The molecule has 56 heavy (non-hydrogen) atoms. The van der Waals surface area contributed by atoms with E-state index in [2.05, 4.69) is 251 Å². The lowest BCUT2D eigenvalue weighted by Crippen LogP contribution is -2.15. The van der Waals surface area contributed by atoms with E-state index in [1.165, 1.54) is 22.3 Å². The predicted molar refractivity (Wildman–Crippen MR) is 245 cm³/mol. The summed E-state index contributed by atoms with van der Waals surface area (Å²) in [5.41, 5.74) is 14.9. The lowest BCUT2D eigenvalue weighted by molar-refractivity contribution is 0.589. The fourth-order valence-corrected chi connectivity index (χ4v) is 7.00. The Balaban J connectivity index is 1.26. The number of benzene rings is 6. The van der Waals surface area contributed by atoms with E-state index in [1.807, 2.05) is 0 Å². The Hall–Kier alpha value is -5.02. The summed E-state index contributed by atoms with van der Waals surface area (Å²) in [4.78, 5) is 4.70. The van der Waals surface area contributed by atoms with Gasteiger partial charge >= 0.3 is 0 Å². The van der Waals surface area contributed by atoms with Gasteiger partial charge in [0.05, 0.1) is 0 Å². The fourth-order valence-electron chi connectivity index (χ4n) is 7.00. The van der Waals surface area contributed by atoms with Gasteiger partial charge in [0.2, 0.25) is 0 Å². The zero-order valence-corrected chi connectivity index (χ0v) is 35.9. The van der Waals surface area contributed by atoms with Gasteiger partial charge in [-0.1, -0.05) is 154 Å². The maximum atomic E-state index is 2.35. The summed E-state index contributed by atoms with van der Waals surface area (Å²) in [6, 6.07) is 53.9. The highest BCUT2D eigenvalue weighted by Crippen LogP contribution is 2.39. The van der Waals surface area contributed by atoms with Gasteiger partial charge in [-0.2, -0.15) is 0 Å². The molecule has 0 saturated heterocycles. The quantitative estimate of drug-likeness (QED) is 0.109. The molecule has 0 heterocycles. The van der Waals surface area contributed by atoms with Crippen LogP contribution >= 0.6 is 0 Å². The molecule has 6 aromatic rings. The van der Waals surface area contributed by atoms with Crippen molar-refractivity contribution in [1.29, 1.82) is 0 Å². The van der Waals surface area contributed by atoms with Crippen LogP contribution in [0.2, 0.25) is 0 Å². The molecule has 6 aromatic carbocycles. The minimum atomic E-state index is 0.0993. The van der Waals surface area contributed by atoms with Crippen molar-refractivity contribution >= 4 is 46.3 Å². The molecule has 0 atom stereocenters. The van der Waals surface area contributed by atoms with Gasteiger partial charge in [-0.05, 0) is 79.3 Å². The highest BCUT2D eigenvalue weighted by molar-refractivity contribution is 5.74. The van der Waals surface area contributed by atoms with Crippen LogP contribution in [-0.4, -0.2) is 0 Å². The molecule has 0 aliphatic carbocycles. The maximum Gasteiger partial charge on any atom is 0.192 e. The standard InChI is InChI=1S/C54H62N2/c1-51(2,3)41-19-31-47(32-20-41)55(48-33-21-42(22-34-48)52(4,5)6)45-27-15-39(16-28-45)13-14-40-17-29-46(30-18-40)56(49-35-23-43(24-36-49)53(7,8)9)50-37-25-44(26-38-50)54(10,11)12/h13-38H,1-12H3/q+2/b14-13+. The van der Waals surface area contributed by atoms with Crippen LogP contribution in [0.1, 0.15) is 116 Å². The van der Waals surface area contributed by atoms with Crippen molar-refractivity contribution in [1.82, 2.24) is 9.80 Å². The predicted octanol–water partition coefficient (Wildman–Crippen LogP) is 15.9. The number of nitrogens with zero attached hydrogens (tertiary/aromatic N) is 2. The molecule has 0 spiro atoms. The molecule has 286 valence electrons. The first-order chi connectivity index (χ1) is 26.3. The van der Waals surface area contributed by atoms with Gasteiger partial charge in [0.15, 0.2) is 34.1 Å². The second-order valence-electron chi connectivity index (χ2n) is 19.4. The van der Waals surface area contributed by atoms with Crippen molar-refractivity contribution in [3.63, 3.8) is 0 Å². The van der Waals surface area contributed by atoms with E-state index in [-0.39, 0.29) is 21.7 Å². The molecule has 0 saturated carbocycles. The van der Waals surface area contributed by atoms with E-state index in [1.54, 1.807) is 0 Å². The lowest BCUT2D eigenvalue weighted by atomic mass is 9.86. The molecular formula is C54H62N2+2. The molecule has 2 nitrogen and oxygen atoms in total. The number of anilines is 6. The molecule has 0 N–H and O–H groups in total. The largest absolute Gasteiger partial charge is 0.192 e. The van der Waals surface area contributed by atoms with Crippen LogP contribution in [0.25, 0.3) is 12.2 Å². The Morgan fingerprint density at radius 3 is 0.571 bits per heavy atom. The van der Waals surface area contributed by atoms with E-state index in [4.69, 9.17) is 0 Å². The molecule has 0 amide bonds. The summed E-state index contributed by atoms with van der Waals surface area (Å²) in [5, 5.41) is 0. The number of hydrogen-bond donors (Lipinski definition) is 0. The smallest absolute Gasteiger partial charge is 0.0593 e. The first kappa shape index (κ1) is 40.6. The molecule has 0 fully saturated rings. The summed E-state index contributed by atoms with van der Waals surface area (Å²) in [6.45, 7) is 27.2. The number of rotatable bonds is 8. The topological polar surface area (TPSA) is 11.8 Å². The van der Waals surface area contributed by atoms with E-state index in [9.17, 15) is 0 Å². The molecule has 0 bridgehead atoms. The Labute approximate surface area is 338 Å². The third kappa shape index (κ3) is 9.67. The van der Waals surface area contributed by atoms with Crippen LogP contribution in [0, 0.1) is 0 Å². The van der Waals surface area contributed by atoms with Crippen molar-refractivity contribution in [3.05, 3.63) is 179 Å². The van der Waals surface area contributed by atoms with Crippen molar-refractivity contribution in [2.75, 3.05) is 0 Å². The van der Waals surface area contributed by atoms with Crippen LogP contribution in [-0.2, 0) is 21.7 Å². The van der Waals surface area contributed by atoms with Gasteiger partial charge in [0.1, 0.15) is 0 Å². The average molecular weight is 739 g/mol. The van der Waals surface area contributed by atoms with Crippen molar-refractivity contribution in [2.45, 2.75) is 105 Å². The highest BCUT2D eigenvalue weighted by atomic mass is 15.1. The van der Waals surface area contributed by atoms with Crippen LogP contribution in [0.15, 0.2) is 146 Å². The highest BCUT2D eigenvalue weighted by Gasteiger charge is 2.29. The second kappa shape index (κ2) is 15.8. The third-order valence-corrected chi connectivity index (χ3v) is 10.7. The lowest BCUT2D eigenvalue weighted by Gasteiger charge is -2.20. The van der Waals surface area contributed by atoms with Gasteiger partial charge < -0.3 is 0 Å². The van der Waals surface area contributed by atoms with Gasteiger partial charge in [0, 0.05) is 72.8 Å². The SMILES string of the molecule is CC(C)(C)c1ccc([N+](c2ccc(/C=C/c3ccc([N+](c4ccc(C(C)(C)C)cc4)c4ccc(C(C)(C)C)cc4)cc3)cc2)c2ccc(C(C)(C)C)cc2)cc1. The molecule has 6 rings (SSSR count). The first-order valence-electron chi connectivity index (χ1n) is 20.2. The molecular weight excluding hydrogens is 677 g/mol. The Bertz CT molecular complexity index is 1930. The maximum absolute atomic E-state index is 2.35. The summed E-state index contributed by atoms with van der Waals surface area (Å²) in [5.74, 6) is 0. The van der Waals surface area contributed by atoms with Gasteiger partial charge in [-0.3, -0.25) is 0 Å². The Morgan fingerprint density at radius 1 is 0.250 bits per heavy atom. The van der Waals surface area contributed by atoms with E-state index in [0.29, 0.717) is 0 Å². The number of hydrogen-bond acceptors (Lipinski definition) is 2. The van der Waals surface area contributed by atoms with Crippen molar-refractivity contribution in [2.24, 2.45) is 0 Å². The van der Waals surface area contributed by atoms with Crippen molar-refractivity contribution in [3.8, 4) is 0 Å². The molecule has 0 unspecified atom stereocenters. The van der Waals surface area contributed by atoms with Gasteiger partial charge in [-0.25, -0.2) is 0 Å². The monoisotopic (exact) mass is 738 g/mol. The normalized spacial score (nSPS) is 12.9. The molecule has 0 aliphatic heterocycles. The second-order valence-corrected chi connectivity index (χ2v) is 19.4. The minimum Gasteiger partial charge on any atom is -0.0593 e. The molecule has 0 aromatic heterocycles. The molecule has 2 heteroatoms. The molecule has 2 radical (unpaired) electrons. The van der Waals surface area contributed by atoms with E-state index < -0.39 is 0 Å². The zero-order chi connectivity index (χ0) is 40.5. The van der Waals surface area contributed by atoms with Crippen LogP contribution < -0.4 is 9.80 Å². The Kier molecular flexibility index (Phi) is 11.5. The zero-order valence-electron chi connectivity index (χ0n) is 35.9. The fraction of sp³-hybridized carbons (Fsp3) is 0.296. The first-order valence-corrected chi connectivity index (χ1v) is 20.2. The third-order valence-electron chi connectivity index (χ3n) is 10.7. The average Bonchev–Trinajstić information content (AvgIpc) is 3.15. The molecule has 0 aliphatic rings. The summed E-state index contributed by atoms with van der Waals surface area (Å²) in [6.07, 6.45) is 4.40. The van der Waals surface area contributed by atoms with Crippen LogP contribution in [0.4, 0.5) is 34.1 Å². The summed E-state index contributed by atoms with van der Waals surface area (Å²) >= 11 is 0. The van der Waals surface area contributed by atoms with Gasteiger partial charge in [-0.15, -0.1) is 0 Å². The van der Waals surface area contributed by atoms with Crippen LogP contribution in [0.5, 0.6) is 0 Å².